The number of methoxy groups -OCH3 is 1. The van der Waals surface area contributed by atoms with Crippen molar-refractivity contribution in [3.8, 4) is 5.75 Å². The fourth-order valence-electron chi connectivity index (χ4n) is 4.57. The zero-order valence-corrected chi connectivity index (χ0v) is 16.5. The first kappa shape index (κ1) is 19.4. The molecule has 2 aliphatic heterocycles. The number of halogens is 1. The minimum atomic E-state index is -0.400. The molecule has 2 atom stereocenters. The molecule has 0 radical (unpaired) electrons. The second kappa shape index (κ2) is 8.23. The monoisotopic (exact) mass is 396 g/mol. The van der Waals surface area contributed by atoms with Crippen molar-refractivity contribution in [1.82, 2.24) is 9.80 Å². The molecule has 0 spiro atoms. The summed E-state index contributed by atoms with van der Waals surface area (Å²) in [5, 5.41) is 0. The van der Waals surface area contributed by atoms with E-state index in [9.17, 15) is 14.0 Å². The van der Waals surface area contributed by atoms with Crippen LogP contribution in [0.4, 0.5) is 4.39 Å². The van der Waals surface area contributed by atoms with E-state index in [2.05, 4.69) is 0 Å². The minimum absolute atomic E-state index is 0.00377. The number of piperidine rings is 2. The number of benzene rings is 2. The Kier molecular flexibility index (Phi) is 5.51. The molecule has 2 saturated heterocycles. The van der Waals surface area contributed by atoms with E-state index < -0.39 is 5.82 Å². The third kappa shape index (κ3) is 3.97. The third-order valence-electron chi connectivity index (χ3n) is 6.00. The average Bonchev–Trinajstić information content (AvgIpc) is 2.77. The number of nitrogens with zero attached hydrogens (tertiary/aromatic N) is 2. The van der Waals surface area contributed by atoms with Crippen LogP contribution in [0.3, 0.4) is 0 Å². The Labute approximate surface area is 170 Å². The predicted molar refractivity (Wildman–Crippen MR) is 107 cm³/mol. The topological polar surface area (TPSA) is 49.9 Å². The summed E-state index contributed by atoms with van der Waals surface area (Å²) in [5.41, 5.74) is 1.01. The summed E-state index contributed by atoms with van der Waals surface area (Å²) in [6, 6.07) is 13.2. The van der Waals surface area contributed by atoms with Crippen LogP contribution in [0.1, 0.15) is 40.0 Å². The molecule has 29 heavy (non-hydrogen) atoms. The summed E-state index contributed by atoms with van der Waals surface area (Å²) in [7, 11) is 1.58. The van der Waals surface area contributed by atoms with Gasteiger partial charge in [0.2, 0.25) is 0 Å². The zero-order chi connectivity index (χ0) is 20.4. The lowest BCUT2D eigenvalue weighted by Gasteiger charge is -2.47. The molecule has 2 aromatic rings. The van der Waals surface area contributed by atoms with Crippen molar-refractivity contribution < 1.29 is 18.7 Å². The van der Waals surface area contributed by atoms with Crippen LogP contribution in [-0.2, 0) is 0 Å². The van der Waals surface area contributed by atoms with Crippen molar-refractivity contribution in [2.75, 3.05) is 26.7 Å². The van der Waals surface area contributed by atoms with Gasteiger partial charge in [-0.15, -0.1) is 0 Å². The molecule has 0 N–H and O–H groups in total. The Morgan fingerprint density at radius 2 is 1.76 bits per heavy atom. The number of amides is 2. The number of likely N-dealkylation sites (tertiary alicyclic amines) is 2. The van der Waals surface area contributed by atoms with E-state index in [1.165, 1.54) is 12.1 Å². The van der Waals surface area contributed by atoms with Crippen LogP contribution >= 0.6 is 0 Å². The number of fused-ring (bicyclic) bond motifs is 1. The van der Waals surface area contributed by atoms with Crippen molar-refractivity contribution in [2.24, 2.45) is 5.92 Å². The van der Waals surface area contributed by atoms with Gasteiger partial charge in [0.1, 0.15) is 11.6 Å². The highest BCUT2D eigenvalue weighted by Gasteiger charge is 2.39. The van der Waals surface area contributed by atoms with Crippen LogP contribution in [0.5, 0.6) is 5.75 Å². The number of carbonyl (C=O) groups is 2. The largest absolute Gasteiger partial charge is 0.497 e. The molecule has 0 aromatic heterocycles. The second-order valence-corrected chi connectivity index (χ2v) is 7.75. The summed E-state index contributed by atoms with van der Waals surface area (Å²) >= 11 is 0. The molecule has 0 unspecified atom stereocenters. The average molecular weight is 396 g/mol. The van der Waals surface area contributed by atoms with Gasteiger partial charge in [0.15, 0.2) is 0 Å². The summed E-state index contributed by atoms with van der Waals surface area (Å²) in [5.74, 6) is 0.380. The predicted octanol–water partition coefficient (Wildman–Crippen LogP) is 3.60. The Hall–Kier alpha value is -2.89. The SMILES string of the molecule is COc1cccc(C(=O)N2CC[C@H]3[C@@H](CCCN3C(=O)c3cccc(F)c3)C2)c1. The van der Waals surface area contributed by atoms with Gasteiger partial charge in [-0.05, 0) is 61.6 Å². The van der Waals surface area contributed by atoms with Gasteiger partial charge in [-0.1, -0.05) is 12.1 Å². The lowest BCUT2D eigenvalue weighted by molar-refractivity contribution is 0.0197. The van der Waals surface area contributed by atoms with Gasteiger partial charge >= 0.3 is 0 Å². The van der Waals surface area contributed by atoms with E-state index in [1.807, 2.05) is 21.9 Å². The van der Waals surface area contributed by atoms with Gasteiger partial charge in [0, 0.05) is 36.8 Å². The molecule has 2 fully saturated rings. The van der Waals surface area contributed by atoms with Crippen molar-refractivity contribution in [1.29, 1.82) is 0 Å². The van der Waals surface area contributed by atoms with Gasteiger partial charge in [-0.3, -0.25) is 9.59 Å². The minimum Gasteiger partial charge on any atom is -0.497 e. The Bertz CT molecular complexity index is 917. The van der Waals surface area contributed by atoms with Gasteiger partial charge in [0.25, 0.3) is 11.8 Å². The summed E-state index contributed by atoms with van der Waals surface area (Å²) in [6.07, 6.45) is 2.62. The van der Waals surface area contributed by atoms with Crippen LogP contribution < -0.4 is 4.74 Å². The van der Waals surface area contributed by atoms with Gasteiger partial charge in [-0.2, -0.15) is 0 Å². The molecule has 2 amide bonds. The van der Waals surface area contributed by atoms with Crippen molar-refractivity contribution in [2.45, 2.75) is 25.3 Å². The fourth-order valence-corrected chi connectivity index (χ4v) is 4.57. The first-order valence-corrected chi connectivity index (χ1v) is 10.1. The van der Waals surface area contributed by atoms with Gasteiger partial charge in [0.05, 0.1) is 7.11 Å². The summed E-state index contributed by atoms with van der Waals surface area (Å²) in [4.78, 5) is 29.7. The maximum Gasteiger partial charge on any atom is 0.254 e. The molecular weight excluding hydrogens is 371 g/mol. The Balaban J connectivity index is 1.47. The number of hydrogen-bond acceptors (Lipinski definition) is 3. The normalized spacial score (nSPS) is 21.4. The summed E-state index contributed by atoms with van der Waals surface area (Å²) in [6.45, 7) is 1.91. The van der Waals surface area contributed by atoms with Crippen LogP contribution in [0.25, 0.3) is 0 Å². The number of hydrogen-bond donors (Lipinski definition) is 0. The van der Waals surface area contributed by atoms with Crippen molar-refractivity contribution in [3.63, 3.8) is 0 Å². The molecule has 0 saturated carbocycles. The van der Waals surface area contributed by atoms with Gasteiger partial charge < -0.3 is 14.5 Å². The molecule has 4 rings (SSSR count). The number of rotatable bonds is 3. The smallest absolute Gasteiger partial charge is 0.254 e. The van der Waals surface area contributed by atoms with Crippen LogP contribution in [0, 0.1) is 11.7 Å². The molecule has 2 heterocycles. The maximum absolute atomic E-state index is 13.6. The van der Waals surface area contributed by atoms with Gasteiger partial charge in [-0.25, -0.2) is 4.39 Å². The van der Waals surface area contributed by atoms with E-state index in [1.54, 1.807) is 31.4 Å². The van der Waals surface area contributed by atoms with Crippen LogP contribution in [0.15, 0.2) is 48.5 Å². The Morgan fingerprint density at radius 3 is 2.52 bits per heavy atom. The van der Waals surface area contributed by atoms with E-state index in [0.29, 0.717) is 36.5 Å². The lowest BCUT2D eigenvalue weighted by Crippen LogP contribution is -2.56. The highest BCUT2D eigenvalue weighted by atomic mass is 19.1. The molecule has 5 nitrogen and oxygen atoms in total. The maximum atomic E-state index is 13.6. The quantitative estimate of drug-likeness (QED) is 0.797. The van der Waals surface area contributed by atoms with Crippen LogP contribution in [0.2, 0.25) is 0 Å². The van der Waals surface area contributed by atoms with Crippen molar-refractivity contribution >= 4 is 11.8 Å². The van der Waals surface area contributed by atoms with Crippen LogP contribution in [-0.4, -0.2) is 54.4 Å². The Morgan fingerprint density at radius 1 is 1.00 bits per heavy atom. The van der Waals surface area contributed by atoms with E-state index in [4.69, 9.17) is 4.74 Å². The standard InChI is InChI=1S/C23H25FN2O3/c1-29-20-9-3-6-17(14-20)22(27)25-12-10-21-18(15-25)7-4-11-26(21)23(28)16-5-2-8-19(24)13-16/h2-3,5-6,8-9,13-14,18,21H,4,7,10-12,15H2,1H3/t18-,21-/m0/s1. The zero-order valence-electron chi connectivity index (χ0n) is 16.5. The van der Waals surface area contributed by atoms with E-state index >= 15 is 0 Å². The molecule has 6 heteroatoms. The molecule has 0 aliphatic carbocycles. The lowest BCUT2D eigenvalue weighted by atomic mass is 9.83. The second-order valence-electron chi connectivity index (χ2n) is 7.75. The van der Waals surface area contributed by atoms with E-state index in [0.717, 1.165) is 19.3 Å². The highest BCUT2D eigenvalue weighted by Crippen LogP contribution is 2.32. The van der Waals surface area contributed by atoms with Crippen molar-refractivity contribution in [3.05, 3.63) is 65.5 Å². The highest BCUT2D eigenvalue weighted by molar-refractivity contribution is 5.95. The first-order valence-electron chi connectivity index (χ1n) is 10.1. The molecule has 0 bridgehead atoms. The third-order valence-corrected chi connectivity index (χ3v) is 6.00. The molecule has 152 valence electrons. The molecule has 2 aliphatic rings. The number of ether oxygens (including phenoxy) is 1. The first-order chi connectivity index (χ1) is 14.1. The number of carbonyl (C=O) groups excluding carboxylic acids is 2. The van der Waals surface area contributed by atoms with E-state index in [-0.39, 0.29) is 23.8 Å². The molecule has 2 aromatic carbocycles. The molecular formula is C23H25FN2O3. The summed E-state index contributed by atoms with van der Waals surface area (Å²) < 4.78 is 18.8. The fraction of sp³-hybridized carbons (Fsp3) is 0.391.